The first-order valence-electron chi connectivity index (χ1n) is 10.9. The summed E-state index contributed by atoms with van der Waals surface area (Å²) in [5.41, 5.74) is 3.30. The van der Waals surface area contributed by atoms with Crippen LogP contribution in [0.4, 0.5) is 5.69 Å². The number of carbonyl (C=O) groups excluding carboxylic acids is 1. The van der Waals surface area contributed by atoms with Gasteiger partial charge in [0.2, 0.25) is 11.8 Å². The molecule has 6 nitrogen and oxygen atoms in total. The van der Waals surface area contributed by atoms with Gasteiger partial charge in [0.25, 0.3) is 0 Å². The fourth-order valence-corrected chi connectivity index (χ4v) is 4.46. The van der Waals surface area contributed by atoms with Gasteiger partial charge in [-0.05, 0) is 79.0 Å². The van der Waals surface area contributed by atoms with Crippen molar-refractivity contribution in [2.45, 2.75) is 0 Å². The fraction of sp³-hybridized carbons (Fsp3) is 0. The van der Waals surface area contributed by atoms with Crippen LogP contribution in [0.25, 0.3) is 40.0 Å². The molecule has 0 bridgehead atoms. The number of para-hydroxylation sites is 2. The molecule has 0 aliphatic rings. The van der Waals surface area contributed by atoms with Crippen molar-refractivity contribution in [1.82, 2.24) is 10.3 Å². The molecule has 0 aliphatic heterocycles. The van der Waals surface area contributed by atoms with Crippen LogP contribution in [-0.4, -0.2) is 16.0 Å². The molecule has 0 radical (unpaired) electrons. The summed E-state index contributed by atoms with van der Waals surface area (Å²) < 4.78 is 11.6. The van der Waals surface area contributed by atoms with E-state index in [4.69, 9.17) is 55.9 Å². The minimum absolute atomic E-state index is 0.106. The highest BCUT2D eigenvalue weighted by molar-refractivity contribution is 7.80. The lowest BCUT2D eigenvalue weighted by Gasteiger charge is -2.09. The maximum atomic E-state index is 12.4. The van der Waals surface area contributed by atoms with Crippen LogP contribution in [0.5, 0.6) is 0 Å². The van der Waals surface area contributed by atoms with Gasteiger partial charge in [-0.25, -0.2) is 4.98 Å². The number of oxazole rings is 1. The SMILES string of the molecule is O=C(/C=C/c1ccc(-c2cc(Cl)cc(Cl)c2)o1)NC(=S)Nc1ccc(Cl)c(-c2nc3ccccc3o2)c1. The topological polar surface area (TPSA) is 80.3 Å². The van der Waals surface area contributed by atoms with E-state index in [2.05, 4.69) is 15.6 Å². The Balaban J connectivity index is 1.23. The van der Waals surface area contributed by atoms with E-state index in [0.29, 0.717) is 49.3 Å². The van der Waals surface area contributed by atoms with E-state index < -0.39 is 5.91 Å². The van der Waals surface area contributed by atoms with Crippen LogP contribution < -0.4 is 10.6 Å². The van der Waals surface area contributed by atoms with Gasteiger partial charge in [-0.3, -0.25) is 10.1 Å². The molecule has 0 atom stereocenters. The van der Waals surface area contributed by atoms with E-state index in [9.17, 15) is 4.79 Å². The smallest absolute Gasteiger partial charge is 0.250 e. The average Bonchev–Trinajstić information content (AvgIpc) is 3.50. The van der Waals surface area contributed by atoms with E-state index in [1.165, 1.54) is 12.2 Å². The summed E-state index contributed by atoms with van der Waals surface area (Å²) in [5, 5.41) is 7.13. The van der Waals surface area contributed by atoms with Crippen molar-refractivity contribution >= 4 is 80.9 Å². The van der Waals surface area contributed by atoms with E-state index in [0.717, 1.165) is 11.1 Å². The van der Waals surface area contributed by atoms with E-state index in [-0.39, 0.29) is 5.11 Å². The molecule has 5 rings (SSSR count). The van der Waals surface area contributed by atoms with E-state index in [1.54, 1.807) is 48.5 Å². The zero-order valence-corrected chi connectivity index (χ0v) is 21.9. The maximum Gasteiger partial charge on any atom is 0.250 e. The molecule has 2 aromatic heterocycles. The Morgan fingerprint density at radius 2 is 1.70 bits per heavy atom. The van der Waals surface area contributed by atoms with Gasteiger partial charge < -0.3 is 14.2 Å². The van der Waals surface area contributed by atoms with Crippen LogP contribution in [0.15, 0.2) is 87.7 Å². The number of hydrogen-bond donors (Lipinski definition) is 2. The number of furan rings is 1. The highest BCUT2D eigenvalue weighted by atomic mass is 35.5. The molecule has 5 aromatic rings. The van der Waals surface area contributed by atoms with E-state index in [1.807, 2.05) is 24.3 Å². The highest BCUT2D eigenvalue weighted by Gasteiger charge is 2.13. The Morgan fingerprint density at radius 3 is 2.49 bits per heavy atom. The molecule has 0 saturated carbocycles. The first kappa shape index (κ1) is 25.0. The first-order chi connectivity index (χ1) is 17.8. The summed E-state index contributed by atoms with van der Waals surface area (Å²) in [6.45, 7) is 0. The number of aromatic nitrogens is 1. The van der Waals surface area contributed by atoms with Crippen molar-refractivity contribution in [3.05, 3.63) is 99.7 Å². The Labute approximate surface area is 231 Å². The number of benzene rings is 3. The monoisotopic (exact) mass is 567 g/mol. The Hall–Kier alpha value is -3.62. The van der Waals surface area contributed by atoms with Crippen LogP contribution in [0.3, 0.4) is 0 Å². The average molecular weight is 569 g/mol. The van der Waals surface area contributed by atoms with Crippen molar-refractivity contribution in [3.8, 4) is 22.8 Å². The lowest BCUT2D eigenvalue weighted by Crippen LogP contribution is -2.32. The number of rotatable bonds is 5. The van der Waals surface area contributed by atoms with Crippen molar-refractivity contribution in [2.24, 2.45) is 0 Å². The van der Waals surface area contributed by atoms with Crippen LogP contribution in [-0.2, 0) is 4.79 Å². The van der Waals surface area contributed by atoms with Crippen LogP contribution >= 0.6 is 47.0 Å². The first-order valence-corrected chi connectivity index (χ1v) is 12.4. The third-order valence-corrected chi connectivity index (χ3v) is 6.13. The van der Waals surface area contributed by atoms with Crippen molar-refractivity contribution in [1.29, 1.82) is 0 Å². The molecule has 0 unspecified atom stereocenters. The summed E-state index contributed by atoms with van der Waals surface area (Å²) in [7, 11) is 0. The zero-order chi connectivity index (χ0) is 25.9. The van der Waals surface area contributed by atoms with Crippen molar-refractivity contribution in [3.63, 3.8) is 0 Å². The largest absolute Gasteiger partial charge is 0.457 e. The molecule has 184 valence electrons. The lowest BCUT2D eigenvalue weighted by molar-refractivity contribution is -0.115. The van der Waals surface area contributed by atoms with Gasteiger partial charge >= 0.3 is 0 Å². The second-order valence-corrected chi connectivity index (χ2v) is 9.51. The summed E-state index contributed by atoms with van der Waals surface area (Å²) in [6.07, 6.45) is 2.84. The Morgan fingerprint density at radius 1 is 0.919 bits per heavy atom. The normalized spacial score (nSPS) is 11.2. The van der Waals surface area contributed by atoms with Gasteiger partial charge in [-0.1, -0.05) is 46.9 Å². The second kappa shape index (κ2) is 10.8. The third-order valence-electron chi connectivity index (χ3n) is 5.16. The molecule has 1 amide bonds. The third kappa shape index (κ3) is 6.03. The fourth-order valence-electron chi connectivity index (χ4n) is 3.52. The van der Waals surface area contributed by atoms with Crippen LogP contribution in [0.1, 0.15) is 5.76 Å². The molecule has 3 aromatic carbocycles. The minimum atomic E-state index is -0.436. The highest BCUT2D eigenvalue weighted by Crippen LogP contribution is 2.32. The number of thiocarbonyl (C=S) groups is 1. The van der Waals surface area contributed by atoms with Gasteiger partial charge in [-0.2, -0.15) is 0 Å². The predicted molar refractivity (Wildman–Crippen MR) is 152 cm³/mol. The number of halogens is 3. The van der Waals surface area contributed by atoms with Gasteiger partial charge in [-0.15, -0.1) is 0 Å². The number of fused-ring (bicyclic) bond motifs is 1. The number of hydrogen-bond acceptors (Lipinski definition) is 5. The molecule has 2 heterocycles. The molecule has 0 saturated heterocycles. The Kier molecular flexibility index (Phi) is 7.30. The van der Waals surface area contributed by atoms with Gasteiger partial charge in [0.05, 0.1) is 10.6 Å². The zero-order valence-electron chi connectivity index (χ0n) is 18.8. The molecule has 0 fully saturated rings. The van der Waals surface area contributed by atoms with Crippen molar-refractivity contribution in [2.75, 3.05) is 5.32 Å². The van der Waals surface area contributed by atoms with Crippen molar-refractivity contribution < 1.29 is 13.6 Å². The molecular formula is C27H16Cl3N3O3S. The molecule has 10 heteroatoms. The molecular weight excluding hydrogens is 553 g/mol. The number of nitrogens with zero attached hydrogens (tertiary/aromatic N) is 1. The van der Waals surface area contributed by atoms with Gasteiger partial charge in [0.15, 0.2) is 10.7 Å². The number of amides is 1. The quantitative estimate of drug-likeness (QED) is 0.164. The standard InChI is InChI=1S/C27H16Cl3N3O3S/c28-16-11-15(12-17(29)13-16)23-9-6-19(35-23)7-10-25(34)33-27(37)31-18-5-8-21(30)20(14-18)26-32-22-3-1-2-4-24(22)36-26/h1-14H,(H2,31,33,34,37)/b10-7+. The number of carbonyl (C=O) groups is 1. The summed E-state index contributed by atoms with van der Waals surface area (Å²) in [4.78, 5) is 16.9. The maximum absolute atomic E-state index is 12.4. The molecule has 2 N–H and O–H groups in total. The van der Waals surface area contributed by atoms with Gasteiger partial charge in [0, 0.05) is 27.4 Å². The lowest BCUT2D eigenvalue weighted by atomic mass is 10.2. The van der Waals surface area contributed by atoms with Gasteiger partial charge in [0.1, 0.15) is 17.0 Å². The van der Waals surface area contributed by atoms with Crippen LogP contribution in [0, 0.1) is 0 Å². The second-order valence-electron chi connectivity index (χ2n) is 7.82. The Bertz CT molecular complexity index is 1620. The van der Waals surface area contributed by atoms with Crippen LogP contribution in [0.2, 0.25) is 15.1 Å². The number of anilines is 1. The molecule has 0 spiro atoms. The predicted octanol–water partition coefficient (Wildman–Crippen LogP) is 8.24. The summed E-state index contributed by atoms with van der Waals surface area (Å²) >= 11 is 23.8. The minimum Gasteiger partial charge on any atom is -0.457 e. The molecule has 0 aliphatic carbocycles. The number of nitrogens with one attached hydrogen (secondary N) is 2. The van der Waals surface area contributed by atoms with E-state index >= 15 is 0 Å². The summed E-state index contributed by atoms with van der Waals surface area (Å²) in [6, 6.07) is 21.2. The summed E-state index contributed by atoms with van der Waals surface area (Å²) in [5.74, 6) is 0.986. The molecule has 37 heavy (non-hydrogen) atoms.